The molecule has 1 fully saturated rings. The summed E-state index contributed by atoms with van der Waals surface area (Å²) in [4.78, 5) is 13.0. The van der Waals surface area contributed by atoms with Crippen molar-refractivity contribution in [2.24, 2.45) is 0 Å². The van der Waals surface area contributed by atoms with E-state index in [2.05, 4.69) is 37.7 Å². The maximum Gasteiger partial charge on any atom is 0.226 e. The lowest BCUT2D eigenvalue weighted by atomic mass is 10.2. The topological polar surface area (TPSA) is 41.5 Å². The van der Waals surface area contributed by atoms with Gasteiger partial charge in [-0.3, -0.25) is 0 Å². The summed E-state index contributed by atoms with van der Waals surface area (Å²) >= 11 is 3.48. The summed E-state index contributed by atoms with van der Waals surface area (Å²) in [5.74, 6) is 1.71. The van der Waals surface area contributed by atoms with E-state index in [1.54, 1.807) is 6.20 Å². The highest BCUT2D eigenvalue weighted by Gasteiger charge is 2.25. The van der Waals surface area contributed by atoms with Crippen LogP contribution in [0.1, 0.15) is 6.92 Å². The molecule has 1 aromatic rings. The van der Waals surface area contributed by atoms with Gasteiger partial charge in [-0.1, -0.05) is 15.9 Å². The van der Waals surface area contributed by atoms with Gasteiger partial charge in [0.1, 0.15) is 5.82 Å². The molecule has 1 saturated heterocycles. The molecule has 2 unspecified atom stereocenters. The minimum atomic E-state index is 0.214. The molecular formula is C12H19BrN4O. The number of rotatable bonds is 3. The second-order valence-electron chi connectivity index (χ2n) is 4.74. The molecule has 0 aromatic carbocycles. The molecule has 6 heteroatoms. The van der Waals surface area contributed by atoms with Gasteiger partial charge in [0, 0.05) is 38.7 Å². The second-order valence-corrected chi connectivity index (χ2v) is 5.38. The minimum Gasteiger partial charge on any atom is -0.371 e. The highest BCUT2D eigenvalue weighted by Crippen LogP contribution is 2.20. The largest absolute Gasteiger partial charge is 0.371 e. The van der Waals surface area contributed by atoms with Crippen LogP contribution in [0.5, 0.6) is 0 Å². The molecule has 1 aliphatic heterocycles. The molecule has 0 spiro atoms. The van der Waals surface area contributed by atoms with E-state index in [0.29, 0.717) is 0 Å². The molecule has 0 bridgehead atoms. The van der Waals surface area contributed by atoms with Crippen LogP contribution in [0.4, 0.5) is 11.8 Å². The van der Waals surface area contributed by atoms with Gasteiger partial charge in [-0.2, -0.15) is 4.98 Å². The predicted molar refractivity (Wildman–Crippen MR) is 76.7 cm³/mol. The summed E-state index contributed by atoms with van der Waals surface area (Å²) < 4.78 is 5.82. The number of hydrogen-bond donors (Lipinski definition) is 0. The van der Waals surface area contributed by atoms with Crippen molar-refractivity contribution in [1.29, 1.82) is 0 Å². The average molecular weight is 315 g/mol. The van der Waals surface area contributed by atoms with Crippen molar-refractivity contribution in [2.75, 3.05) is 42.3 Å². The molecule has 2 rings (SSSR count). The summed E-state index contributed by atoms with van der Waals surface area (Å²) in [6.07, 6.45) is 2.24. The van der Waals surface area contributed by atoms with Crippen molar-refractivity contribution in [1.82, 2.24) is 9.97 Å². The number of nitrogens with zero attached hydrogens (tertiary/aromatic N) is 4. The summed E-state index contributed by atoms with van der Waals surface area (Å²) in [6.45, 7) is 3.82. The van der Waals surface area contributed by atoms with Crippen molar-refractivity contribution in [3.05, 3.63) is 12.3 Å². The number of anilines is 2. The van der Waals surface area contributed by atoms with Crippen LogP contribution in [0.2, 0.25) is 0 Å². The first-order valence-corrected chi connectivity index (χ1v) is 7.19. The van der Waals surface area contributed by atoms with Crippen molar-refractivity contribution in [3.8, 4) is 0 Å². The van der Waals surface area contributed by atoms with Gasteiger partial charge >= 0.3 is 0 Å². The van der Waals surface area contributed by atoms with Gasteiger partial charge in [-0.05, 0) is 13.0 Å². The molecule has 1 aliphatic rings. The Bertz CT molecular complexity index is 401. The lowest BCUT2D eigenvalue weighted by molar-refractivity contribution is -0.00223. The Hall–Kier alpha value is -0.880. The molecule has 0 N–H and O–H groups in total. The number of aromatic nitrogens is 2. The Morgan fingerprint density at radius 3 is 2.94 bits per heavy atom. The summed E-state index contributed by atoms with van der Waals surface area (Å²) in [5, 5.41) is 0.847. The first kappa shape index (κ1) is 13.5. The summed E-state index contributed by atoms with van der Waals surface area (Å²) in [7, 11) is 3.89. The minimum absolute atomic E-state index is 0.214. The SMILES string of the molecule is CC1CN(c2ccnc(N(C)C)n2)CC(CBr)O1. The van der Waals surface area contributed by atoms with E-state index in [0.717, 1.165) is 30.2 Å². The fourth-order valence-corrected chi connectivity index (χ4v) is 2.41. The zero-order valence-corrected chi connectivity index (χ0v) is 12.6. The third kappa shape index (κ3) is 3.11. The zero-order valence-electron chi connectivity index (χ0n) is 11.0. The van der Waals surface area contributed by atoms with E-state index in [1.807, 2.05) is 25.1 Å². The van der Waals surface area contributed by atoms with Crippen LogP contribution in [-0.2, 0) is 4.74 Å². The van der Waals surface area contributed by atoms with Gasteiger partial charge in [0.2, 0.25) is 5.95 Å². The van der Waals surface area contributed by atoms with E-state index >= 15 is 0 Å². The predicted octanol–water partition coefficient (Wildman–Crippen LogP) is 1.53. The van der Waals surface area contributed by atoms with Gasteiger partial charge in [0.25, 0.3) is 0 Å². The molecule has 100 valence electrons. The van der Waals surface area contributed by atoms with Gasteiger partial charge in [0.15, 0.2) is 0 Å². The van der Waals surface area contributed by atoms with Crippen LogP contribution in [0.25, 0.3) is 0 Å². The van der Waals surface area contributed by atoms with E-state index < -0.39 is 0 Å². The molecule has 0 radical (unpaired) electrons. The van der Waals surface area contributed by atoms with Crippen molar-refractivity contribution in [2.45, 2.75) is 19.1 Å². The van der Waals surface area contributed by atoms with Gasteiger partial charge in [-0.25, -0.2) is 4.98 Å². The monoisotopic (exact) mass is 314 g/mol. The number of halogens is 1. The van der Waals surface area contributed by atoms with Crippen LogP contribution in [0, 0.1) is 0 Å². The number of ether oxygens (including phenoxy) is 1. The molecular weight excluding hydrogens is 296 g/mol. The highest BCUT2D eigenvalue weighted by atomic mass is 79.9. The van der Waals surface area contributed by atoms with Crippen molar-refractivity contribution >= 4 is 27.7 Å². The Morgan fingerprint density at radius 2 is 2.28 bits per heavy atom. The van der Waals surface area contributed by atoms with Crippen LogP contribution in [0.15, 0.2) is 12.3 Å². The molecule has 1 aromatic heterocycles. The van der Waals surface area contributed by atoms with Crippen LogP contribution in [-0.4, -0.2) is 54.7 Å². The van der Waals surface area contributed by atoms with Gasteiger partial charge in [0.05, 0.1) is 12.2 Å². The number of alkyl halides is 1. The van der Waals surface area contributed by atoms with Crippen LogP contribution < -0.4 is 9.80 Å². The normalized spacial score (nSPS) is 24.1. The maximum atomic E-state index is 5.82. The quantitative estimate of drug-likeness (QED) is 0.791. The Balaban J connectivity index is 2.17. The smallest absolute Gasteiger partial charge is 0.226 e. The Labute approximate surface area is 116 Å². The maximum absolute atomic E-state index is 5.82. The molecule has 2 heterocycles. The fraction of sp³-hybridized carbons (Fsp3) is 0.667. The van der Waals surface area contributed by atoms with Crippen LogP contribution in [0.3, 0.4) is 0 Å². The molecule has 0 amide bonds. The zero-order chi connectivity index (χ0) is 13.1. The first-order chi connectivity index (χ1) is 8.60. The van der Waals surface area contributed by atoms with Gasteiger partial charge in [-0.15, -0.1) is 0 Å². The molecule has 18 heavy (non-hydrogen) atoms. The van der Waals surface area contributed by atoms with Crippen molar-refractivity contribution in [3.63, 3.8) is 0 Å². The fourth-order valence-electron chi connectivity index (χ4n) is 2.05. The summed E-state index contributed by atoms with van der Waals surface area (Å²) in [5.41, 5.74) is 0. The van der Waals surface area contributed by atoms with Crippen LogP contribution >= 0.6 is 15.9 Å². The first-order valence-electron chi connectivity index (χ1n) is 6.07. The van der Waals surface area contributed by atoms with E-state index in [1.165, 1.54) is 0 Å². The number of hydrogen-bond acceptors (Lipinski definition) is 5. The van der Waals surface area contributed by atoms with Crippen molar-refractivity contribution < 1.29 is 4.74 Å². The number of morpholine rings is 1. The lowest BCUT2D eigenvalue weighted by Crippen LogP contribution is -2.47. The lowest BCUT2D eigenvalue weighted by Gasteiger charge is -2.37. The third-order valence-electron chi connectivity index (χ3n) is 2.85. The molecule has 2 atom stereocenters. The molecule has 0 aliphatic carbocycles. The van der Waals surface area contributed by atoms with E-state index in [4.69, 9.17) is 4.74 Å². The molecule has 0 saturated carbocycles. The Kier molecular flexibility index (Phi) is 4.40. The standard InChI is InChI=1S/C12H19BrN4O/c1-9-7-17(8-10(6-13)18-9)11-4-5-14-12(15-11)16(2)3/h4-5,9-10H,6-8H2,1-3H3. The van der Waals surface area contributed by atoms with E-state index in [-0.39, 0.29) is 12.2 Å². The molecule has 5 nitrogen and oxygen atoms in total. The Morgan fingerprint density at radius 1 is 1.50 bits per heavy atom. The van der Waals surface area contributed by atoms with E-state index in [9.17, 15) is 0 Å². The summed E-state index contributed by atoms with van der Waals surface area (Å²) in [6, 6.07) is 1.95. The second kappa shape index (κ2) is 5.84. The third-order valence-corrected chi connectivity index (χ3v) is 3.57. The average Bonchev–Trinajstić information content (AvgIpc) is 2.38. The van der Waals surface area contributed by atoms with Gasteiger partial charge < -0.3 is 14.5 Å². The highest BCUT2D eigenvalue weighted by molar-refractivity contribution is 9.09.